The van der Waals surface area contributed by atoms with Gasteiger partial charge in [-0.1, -0.05) is 32.6 Å². The van der Waals surface area contributed by atoms with Crippen molar-refractivity contribution >= 4 is 5.97 Å². The average Bonchev–Trinajstić information content (AvgIpc) is 2.17. The largest absolute Gasteiger partial charge is 0.481 e. The maximum Gasteiger partial charge on any atom is 0.303 e. The first-order valence-corrected chi connectivity index (χ1v) is 5.97. The molecule has 0 saturated carbocycles. The zero-order chi connectivity index (χ0) is 13.0. The highest BCUT2D eigenvalue weighted by atomic mass is 16.4. The molecule has 0 atom stereocenters. The maximum absolute atomic E-state index is 10.0. The Kier molecular flexibility index (Phi) is 12.1. The Morgan fingerprint density at radius 3 is 1.94 bits per heavy atom. The van der Waals surface area contributed by atoms with E-state index in [1.807, 2.05) is 0 Å². The minimum Gasteiger partial charge on any atom is -0.481 e. The van der Waals surface area contributed by atoms with Crippen LogP contribution < -0.4 is 5.73 Å². The Morgan fingerprint density at radius 2 is 1.62 bits per heavy atom. The Hall–Kier alpha value is -0.610. The summed E-state index contributed by atoms with van der Waals surface area (Å²) in [7, 11) is 0. The predicted octanol–water partition coefficient (Wildman–Crippen LogP) is 2.15. The van der Waals surface area contributed by atoms with E-state index in [4.69, 9.17) is 15.9 Å². The first kappa shape index (κ1) is 17.8. The summed E-state index contributed by atoms with van der Waals surface area (Å²) in [5.74, 6) is -0.670. The monoisotopic (exact) mass is 233 g/mol. The van der Waals surface area contributed by atoms with Crippen LogP contribution >= 0.6 is 0 Å². The molecule has 0 saturated heterocycles. The molecule has 0 aliphatic carbocycles. The van der Waals surface area contributed by atoms with Crippen LogP contribution in [0.3, 0.4) is 0 Å². The molecule has 0 spiro atoms. The van der Waals surface area contributed by atoms with E-state index in [0.29, 0.717) is 13.0 Å². The zero-order valence-electron chi connectivity index (χ0n) is 10.8. The molecule has 0 heterocycles. The van der Waals surface area contributed by atoms with Crippen molar-refractivity contribution in [3.8, 4) is 0 Å². The molecule has 4 heteroatoms. The van der Waals surface area contributed by atoms with E-state index < -0.39 is 11.6 Å². The number of nitrogens with two attached hydrogens (primary N) is 1. The lowest BCUT2D eigenvalue weighted by Crippen LogP contribution is -2.29. The summed E-state index contributed by atoms with van der Waals surface area (Å²) < 4.78 is 0. The normalized spacial score (nSPS) is 10.6. The average molecular weight is 233 g/mol. The lowest BCUT2D eigenvalue weighted by molar-refractivity contribution is -0.137. The molecule has 0 radical (unpaired) electrons. The number of carboxylic acid groups (broad SMARTS) is 1. The van der Waals surface area contributed by atoms with Gasteiger partial charge in [0.1, 0.15) is 0 Å². The summed E-state index contributed by atoms with van der Waals surface area (Å²) in [5, 5.41) is 17.0. The van der Waals surface area contributed by atoms with E-state index >= 15 is 0 Å². The fraction of sp³-hybridized carbons (Fsp3) is 0.917. The van der Waals surface area contributed by atoms with Crippen molar-refractivity contribution in [2.45, 2.75) is 64.9 Å². The highest BCUT2D eigenvalue weighted by molar-refractivity contribution is 5.66. The van der Waals surface area contributed by atoms with Crippen LogP contribution in [0, 0.1) is 0 Å². The van der Waals surface area contributed by atoms with Gasteiger partial charge in [0.05, 0.1) is 5.60 Å². The summed E-state index contributed by atoms with van der Waals surface area (Å²) in [4.78, 5) is 10.0. The smallest absolute Gasteiger partial charge is 0.303 e. The van der Waals surface area contributed by atoms with Crippen LogP contribution in [0.1, 0.15) is 59.3 Å². The summed E-state index contributed by atoms with van der Waals surface area (Å²) >= 11 is 0. The third-order valence-corrected chi connectivity index (χ3v) is 1.99. The molecular weight excluding hydrogens is 206 g/mol. The van der Waals surface area contributed by atoms with Crippen LogP contribution in [-0.2, 0) is 4.79 Å². The molecular formula is C12H27NO3. The van der Waals surface area contributed by atoms with Crippen LogP contribution in [0.5, 0.6) is 0 Å². The molecule has 0 fully saturated rings. The van der Waals surface area contributed by atoms with Gasteiger partial charge in [0.25, 0.3) is 0 Å². The Balaban J connectivity index is 0. The third-order valence-electron chi connectivity index (χ3n) is 1.99. The molecule has 0 aromatic heterocycles. The maximum atomic E-state index is 10.0. The minimum absolute atomic E-state index is 0.326. The minimum atomic E-state index is -0.681. The Morgan fingerprint density at radius 1 is 1.19 bits per heavy atom. The fourth-order valence-electron chi connectivity index (χ4n) is 0.880. The van der Waals surface area contributed by atoms with Gasteiger partial charge < -0.3 is 15.9 Å². The molecule has 4 nitrogen and oxygen atoms in total. The van der Waals surface area contributed by atoms with E-state index in [2.05, 4.69) is 6.92 Å². The van der Waals surface area contributed by atoms with E-state index in [9.17, 15) is 4.79 Å². The summed E-state index contributed by atoms with van der Waals surface area (Å²) in [6.07, 6.45) is 5.88. The van der Waals surface area contributed by atoms with Gasteiger partial charge in [0.2, 0.25) is 0 Å². The molecule has 0 aromatic carbocycles. The van der Waals surface area contributed by atoms with Gasteiger partial charge in [-0.3, -0.25) is 4.79 Å². The first-order chi connectivity index (χ1) is 7.33. The van der Waals surface area contributed by atoms with E-state index in [1.165, 1.54) is 19.3 Å². The van der Waals surface area contributed by atoms with E-state index in [-0.39, 0.29) is 0 Å². The molecule has 16 heavy (non-hydrogen) atoms. The van der Waals surface area contributed by atoms with Gasteiger partial charge in [0.15, 0.2) is 0 Å². The molecule has 0 rings (SSSR count). The lowest BCUT2D eigenvalue weighted by Gasteiger charge is -2.11. The standard InChI is InChI=1S/C8H16O2.C4H11NO/c1-2-3-4-5-6-7-8(9)10;1-4(2,6)3-5/h2-7H2,1H3,(H,9,10);6H,3,5H2,1-2H3. The highest BCUT2D eigenvalue weighted by Crippen LogP contribution is 2.04. The van der Waals surface area contributed by atoms with Crippen molar-refractivity contribution in [2.24, 2.45) is 5.73 Å². The molecule has 0 aromatic rings. The van der Waals surface area contributed by atoms with Gasteiger partial charge in [-0.25, -0.2) is 0 Å². The molecule has 0 unspecified atom stereocenters. The van der Waals surface area contributed by atoms with Gasteiger partial charge in [-0.15, -0.1) is 0 Å². The second-order valence-corrected chi connectivity index (χ2v) is 4.57. The number of unbranched alkanes of at least 4 members (excludes halogenated alkanes) is 4. The molecule has 0 amide bonds. The van der Waals surface area contributed by atoms with Gasteiger partial charge in [0, 0.05) is 13.0 Å². The number of aliphatic hydroxyl groups is 1. The summed E-state index contributed by atoms with van der Waals surface area (Å²) in [5.41, 5.74) is 4.38. The number of hydrogen-bond donors (Lipinski definition) is 3. The SMILES string of the molecule is CC(C)(O)CN.CCCCCCCC(=O)O. The Labute approximate surface area is 98.8 Å². The second-order valence-electron chi connectivity index (χ2n) is 4.57. The number of rotatable bonds is 7. The number of carbonyl (C=O) groups is 1. The van der Waals surface area contributed by atoms with Crippen molar-refractivity contribution in [3.63, 3.8) is 0 Å². The molecule has 98 valence electrons. The van der Waals surface area contributed by atoms with Crippen molar-refractivity contribution < 1.29 is 15.0 Å². The van der Waals surface area contributed by atoms with Crippen LogP contribution in [-0.4, -0.2) is 28.3 Å². The van der Waals surface area contributed by atoms with Crippen LogP contribution in [0.4, 0.5) is 0 Å². The summed E-state index contributed by atoms with van der Waals surface area (Å²) in [6, 6.07) is 0. The van der Waals surface area contributed by atoms with Crippen LogP contribution in [0.2, 0.25) is 0 Å². The molecule has 0 aliphatic heterocycles. The zero-order valence-corrected chi connectivity index (χ0v) is 10.8. The lowest BCUT2D eigenvalue weighted by atomic mass is 10.1. The van der Waals surface area contributed by atoms with Crippen LogP contribution in [0.15, 0.2) is 0 Å². The fourth-order valence-corrected chi connectivity index (χ4v) is 0.880. The predicted molar refractivity (Wildman–Crippen MR) is 66.4 cm³/mol. The number of aliphatic carboxylic acids is 1. The summed E-state index contributed by atoms with van der Waals surface area (Å²) in [6.45, 7) is 5.82. The Bertz CT molecular complexity index is 164. The molecule has 4 N–H and O–H groups in total. The van der Waals surface area contributed by atoms with E-state index in [0.717, 1.165) is 12.8 Å². The van der Waals surface area contributed by atoms with Crippen LogP contribution in [0.25, 0.3) is 0 Å². The van der Waals surface area contributed by atoms with Crippen molar-refractivity contribution in [1.82, 2.24) is 0 Å². The second kappa shape index (κ2) is 10.9. The van der Waals surface area contributed by atoms with E-state index in [1.54, 1.807) is 13.8 Å². The third kappa shape index (κ3) is 23.3. The quantitative estimate of drug-likeness (QED) is 0.588. The number of carboxylic acids is 1. The molecule has 0 aliphatic rings. The van der Waals surface area contributed by atoms with Gasteiger partial charge >= 0.3 is 5.97 Å². The molecule has 0 bridgehead atoms. The van der Waals surface area contributed by atoms with Gasteiger partial charge in [-0.2, -0.15) is 0 Å². The number of hydrogen-bond acceptors (Lipinski definition) is 3. The topological polar surface area (TPSA) is 83.5 Å². The highest BCUT2D eigenvalue weighted by Gasteiger charge is 2.06. The first-order valence-electron chi connectivity index (χ1n) is 5.97. The van der Waals surface area contributed by atoms with Gasteiger partial charge in [-0.05, 0) is 20.3 Å². The van der Waals surface area contributed by atoms with Crippen molar-refractivity contribution in [1.29, 1.82) is 0 Å². The van der Waals surface area contributed by atoms with Crippen molar-refractivity contribution in [2.75, 3.05) is 6.54 Å². The van der Waals surface area contributed by atoms with Crippen molar-refractivity contribution in [3.05, 3.63) is 0 Å².